The van der Waals surface area contributed by atoms with Crippen molar-refractivity contribution in [3.05, 3.63) is 35.9 Å². The molecule has 0 radical (unpaired) electrons. The van der Waals surface area contributed by atoms with Gasteiger partial charge in [0.25, 0.3) is 0 Å². The van der Waals surface area contributed by atoms with Crippen LogP contribution >= 0.6 is 22.6 Å². The summed E-state index contributed by atoms with van der Waals surface area (Å²) in [6.45, 7) is 2.24. The van der Waals surface area contributed by atoms with Crippen molar-refractivity contribution in [2.45, 2.75) is 30.1 Å². The zero-order valence-corrected chi connectivity index (χ0v) is 9.62. The summed E-state index contributed by atoms with van der Waals surface area (Å²) in [6.07, 6.45) is 3.94. The SMILES string of the molecule is CCCCC(I)c1ccccc1. The summed E-state index contributed by atoms with van der Waals surface area (Å²) in [5, 5.41) is 0. The Morgan fingerprint density at radius 3 is 2.50 bits per heavy atom. The standard InChI is InChI=1S/C11H15I/c1-2-3-9-11(12)10-7-5-4-6-8-10/h4-8,11H,2-3,9H2,1H3. The predicted molar refractivity (Wildman–Crippen MR) is 62.7 cm³/mol. The smallest absolute Gasteiger partial charge is 0.0359 e. The highest BCUT2D eigenvalue weighted by Gasteiger charge is 2.04. The van der Waals surface area contributed by atoms with E-state index in [9.17, 15) is 0 Å². The summed E-state index contributed by atoms with van der Waals surface area (Å²) in [5.41, 5.74) is 1.46. The molecule has 0 saturated carbocycles. The number of benzene rings is 1. The number of rotatable bonds is 4. The van der Waals surface area contributed by atoms with Crippen molar-refractivity contribution < 1.29 is 0 Å². The van der Waals surface area contributed by atoms with Gasteiger partial charge in [0, 0.05) is 3.92 Å². The van der Waals surface area contributed by atoms with Crippen molar-refractivity contribution in [1.29, 1.82) is 0 Å². The monoisotopic (exact) mass is 274 g/mol. The van der Waals surface area contributed by atoms with E-state index >= 15 is 0 Å². The molecule has 0 nitrogen and oxygen atoms in total. The van der Waals surface area contributed by atoms with E-state index in [1.165, 1.54) is 24.8 Å². The molecule has 1 aromatic rings. The zero-order valence-electron chi connectivity index (χ0n) is 7.46. The van der Waals surface area contributed by atoms with Crippen LogP contribution in [-0.4, -0.2) is 0 Å². The lowest BCUT2D eigenvalue weighted by atomic mass is 10.1. The fourth-order valence-electron chi connectivity index (χ4n) is 1.21. The molecule has 0 aromatic heterocycles. The maximum atomic E-state index is 2.53. The topological polar surface area (TPSA) is 0 Å². The molecule has 0 aliphatic rings. The van der Waals surface area contributed by atoms with Crippen LogP contribution in [0, 0.1) is 0 Å². The summed E-state index contributed by atoms with van der Waals surface area (Å²) in [5.74, 6) is 0. The maximum absolute atomic E-state index is 2.53. The minimum absolute atomic E-state index is 0.698. The number of hydrogen-bond donors (Lipinski definition) is 0. The molecule has 66 valence electrons. The van der Waals surface area contributed by atoms with Crippen molar-refractivity contribution in [2.75, 3.05) is 0 Å². The first kappa shape index (κ1) is 10.0. The molecule has 0 aliphatic heterocycles. The molecule has 0 heterocycles. The Bertz CT molecular complexity index is 206. The lowest BCUT2D eigenvalue weighted by Gasteiger charge is -2.08. The molecule has 0 spiro atoms. The lowest BCUT2D eigenvalue weighted by molar-refractivity contribution is 0.720. The van der Waals surface area contributed by atoms with Crippen molar-refractivity contribution in [3.63, 3.8) is 0 Å². The first-order valence-corrected chi connectivity index (χ1v) is 5.78. The van der Waals surface area contributed by atoms with Gasteiger partial charge in [0.05, 0.1) is 0 Å². The number of unbranched alkanes of at least 4 members (excludes halogenated alkanes) is 1. The third-order valence-corrected chi connectivity index (χ3v) is 3.31. The van der Waals surface area contributed by atoms with Gasteiger partial charge in [0.15, 0.2) is 0 Å². The van der Waals surface area contributed by atoms with Gasteiger partial charge in [-0.2, -0.15) is 0 Å². The summed E-state index contributed by atoms with van der Waals surface area (Å²) < 4.78 is 0.698. The van der Waals surface area contributed by atoms with Gasteiger partial charge in [-0.25, -0.2) is 0 Å². The van der Waals surface area contributed by atoms with Gasteiger partial charge in [0.2, 0.25) is 0 Å². The second kappa shape index (κ2) is 5.57. The molecule has 0 amide bonds. The van der Waals surface area contributed by atoms with Crippen LogP contribution in [0.3, 0.4) is 0 Å². The predicted octanol–water partition coefficient (Wildman–Crippen LogP) is 4.35. The average Bonchev–Trinajstić information content (AvgIpc) is 2.15. The summed E-state index contributed by atoms with van der Waals surface area (Å²) >= 11 is 2.53. The largest absolute Gasteiger partial charge is 0.0774 e. The van der Waals surface area contributed by atoms with Crippen LogP contribution in [-0.2, 0) is 0 Å². The maximum Gasteiger partial charge on any atom is 0.0359 e. The van der Waals surface area contributed by atoms with Crippen molar-refractivity contribution in [3.8, 4) is 0 Å². The Labute approximate surface area is 88.5 Å². The van der Waals surface area contributed by atoms with Crippen molar-refractivity contribution in [2.24, 2.45) is 0 Å². The van der Waals surface area contributed by atoms with E-state index < -0.39 is 0 Å². The van der Waals surface area contributed by atoms with Crippen LogP contribution in [0.4, 0.5) is 0 Å². The molecule has 1 atom stereocenters. The van der Waals surface area contributed by atoms with Gasteiger partial charge in [-0.15, -0.1) is 0 Å². The Morgan fingerprint density at radius 1 is 1.25 bits per heavy atom. The molecule has 1 heteroatoms. The molecule has 0 N–H and O–H groups in total. The molecule has 0 saturated heterocycles. The van der Waals surface area contributed by atoms with E-state index in [1.807, 2.05) is 0 Å². The average molecular weight is 274 g/mol. The molecule has 12 heavy (non-hydrogen) atoms. The van der Waals surface area contributed by atoms with Crippen LogP contribution < -0.4 is 0 Å². The van der Waals surface area contributed by atoms with Gasteiger partial charge in [-0.1, -0.05) is 72.7 Å². The molecule has 1 aromatic carbocycles. The minimum Gasteiger partial charge on any atom is -0.0774 e. The normalized spacial score (nSPS) is 12.8. The fourth-order valence-corrected chi connectivity index (χ4v) is 2.07. The highest BCUT2D eigenvalue weighted by molar-refractivity contribution is 14.1. The molecule has 0 fully saturated rings. The second-order valence-electron chi connectivity index (χ2n) is 3.02. The first-order valence-electron chi connectivity index (χ1n) is 4.53. The first-order chi connectivity index (χ1) is 5.84. The van der Waals surface area contributed by atoms with E-state index in [-0.39, 0.29) is 0 Å². The summed E-state index contributed by atoms with van der Waals surface area (Å²) in [6, 6.07) is 10.7. The van der Waals surface area contributed by atoms with E-state index in [2.05, 4.69) is 59.8 Å². The van der Waals surface area contributed by atoms with Gasteiger partial charge < -0.3 is 0 Å². The third kappa shape index (κ3) is 3.13. The number of alkyl halides is 1. The Kier molecular flexibility index (Phi) is 4.66. The van der Waals surface area contributed by atoms with E-state index in [0.29, 0.717) is 3.92 Å². The van der Waals surface area contributed by atoms with Gasteiger partial charge >= 0.3 is 0 Å². The van der Waals surface area contributed by atoms with Crippen LogP contribution in [0.2, 0.25) is 0 Å². The quantitative estimate of drug-likeness (QED) is 0.565. The number of hydrogen-bond acceptors (Lipinski definition) is 0. The Morgan fingerprint density at radius 2 is 1.92 bits per heavy atom. The van der Waals surface area contributed by atoms with Gasteiger partial charge in [0.1, 0.15) is 0 Å². The van der Waals surface area contributed by atoms with Gasteiger partial charge in [-0.3, -0.25) is 0 Å². The van der Waals surface area contributed by atoms with Crippen LogP contribution in [0.1, 0.15) is 35.7 Å². The molecule has 0 bridgehead atoms. The van der Waals surface area contributed by atoms with Gasteiger partial charge in [-0.05, 0) is 12.0 Å². The lowest BCUT2D eigenvalue weighted by Crippen LogP contribution is -1.88. The van der Waals surface area contributed by atoms with Crippen molar-refractivity contribution in [1.82, 2.24) is 0 Å². The van der Waals surface area contributed by atoms with E-state index in [4.69, 9.17) is 0 Å². The van der Waals surface area contributed by atoms with E-state index in [0.717, 1.165) is 0 Å². The van der Waals surface area contributed by atoms with Crippen LogP contribution in [0.5, 0.6) is 0 Å². The van der Waals surface area contributed by atoms with Crippen LogP contribution in [0.15, 0.2) is 30.3 Å². The number of halogens is 1. The Hall–Kier alpha value is -0.0500. The highest BCUT2D eigenvalue weighted by atomic mass is 127. The molecule has 1 unspecified atom stereocenters. The molecular formula is C11H15I. The molecular weight excluding hydrogens is 259 g/mol. The fraction of sp³-hybridized carbons (Fsp3) is 0.455. The third-order valence-electron chi connectivity index (χ3n) is 1.97. The summed E-state index contributed by atoms with van der Waals surface area (Å²) in [7, 11) is 0. The molecule has 1 rings (SSSR count). The highest BCUT2D eigenvalue weighted by Crippen LogP contribution is 2.28. The molecule has 0 aliphatic carbocycles. The Balaban J connectivity index is 2.48. The second-order valence-corrected chi connectivity index (χ2v) is 4.52. The summed E-state index contributed by atoms with van der Waals surface area (Å²) in [4.78, 5) is 0. The van der Waals surface area contributed by atoms with Crippen LogP contribution in [0.25, 0.3) is 0 Å². The zero-order chi connectivity index (χ0) is 8.81. The van der Waals surface area contributed by atoms with Crippen molar-refractivity contribution >= 4 is 22.6 Å². The van der Waals surface area contributed by atoms with E-state index in [1.54, 1.807) is 0 Å². The minimum atomic E-state index is 0.698.